The number of aromatic nitrogens is 2. The molecule has 0 amide bonds. The molecule has 1 aromatic carbocycles. The van der Waals surface area contributed by atoms with Crippen LogP contribution in [0, 0.1) is 0 Å². The molecule has 1 N–H and O–H groups in total. The minimum absolute atomic E-state index is 0.0954. The van der Waals surface area contributed by atoms with Crippen LogP contribution in [0.4, 0.5) is 0 Å². The van der Waals surface area contributed by atoms with Crippen LogP contribution in [-0.4, -0.2) is 34.3 Å². The van der Waals surface area contributed by atoms with Crippen molar-refractivity contribution in [3.8, 4) is 11.1 Å². The van der Waals surface area contributed by atoms with Crippen molar-refractivity contribution in [1.29, 1.82) is 0 Å². The molecular formula is C23H22N2O5S. The summed E-state index contributed by atoms with van der Waals surface area (Å²) < 4.78 is 12.1. The van der Waals surface area contributed by atoms with Gasteiger partial charge in [-0.1, -0.05) is 31.2 Å². The first-order valence-electron chi connectivity index (χ1n) is 9.93. The van der Waals surface area contributed by atoms with Crippen LogP contribution in [0.1, 0.15) is 34.6 Å². The number of furan rings is 1. The first-order chi connectivity index (χ1) is 15.0. The Hall–Kier alpha value is -3.23. The zero-order chi connectivity index (χ0) is 22.0. The fourth-order valence-electron chi connectivity index (χ4n) is 3.48. The zero-order valence-corrected chi connectivity index (χ0v) is 18.1. The second-order valence-electron chi connectivity index (χ2n) is 7.11. The van der Waals surface area contributed by atoms with Gasteiger partial charge in [-0.2, -0.15) is 0 Å². The molecular weight excluding hydrogens is 416 g/mol. The number of carboxylic acids is 1. The average molecular weight is 439 g/mol. The van der Waals surface area contributed by atoms with E-state index in [0.29, 0.717) is 34.8 Å². The molecule has 4 aromatic rings. The van der Waals surface area contributed by atoms with Gasteiger partial charge in [-0.15, -0.1) is 11.3 Å². The maximum absolute atomic E-state index is 13.6. The Kier molecular flexibility index (Phi) is 6.01. The van der Waals surface area contributed by atoms with E-state index in [4.69, 9.17) is 19.2 Å². The molecule has 3 heterocycles. The number of carbonyl (C=O) groups is 1. The third-order valence-corrected chi connectivity index (χ3v) is 6.03. The normalized spacial score (nSPS) is 11.3. The smallest absolute Gasteiger partial charge is 0.371 e. The van der Waals surface area contributed by atoms with Crippen LogP contribution in [0.5, 0.6) is 0 Å². The molecule has 0 aliphatic carbocycles. The Morgan fingerprint density at radius 1 is 1.23 bits per heavy atom. The number of benzene rings is 1. The Labute approximate surface area is 182 Å². The summed E-state index contributed by atoms with van der Waals surface area (Å²) in [5.41, 5.74) is 2.86. The number of carboxylic acid groups (broad SMARTS) is 1. The summed E-state index contributed by atoms with van der Waals surface area (Å²) in [6.07, 6.45) is 1.40. The predicted octanol–water partition coefficient (Wildman–Crippen LogP) is 4.22. The van der Waals surface area contributed by atoms with Crippen LogP contribution in [0.3, 0.4) is 0 Å². The lowest BCUT2D eigenvalue weighted by Crippen LogP contribution is -2.26. The lowest BCUT2D eigenvalue weighted by molar-refractivity contribution is 0.0660. The summed E-state index contributed by atoms with van der Waals surface area (Å²) in [4.78, 5) is 30.1. The number of aryl methyl sites for hydroxylation is 1. The van der Waals surface area contributed by atoms with Gasteiger partial charge in [0, 0.05) is 24.5 Å². The summed E-state index contributed by atoms with van der Waals surface area (Å²) >= 11 is 1.44. The summed E-state index contributed by atoms with van der Waals surface area (Å²) in [5.74, 6) is -0.365. The zero-order valence-electron chi connectivity index (χ0n) is 17.3. The number of hydrogen-bond donors (Lipinski definition) is 1. The molecule has 0 saturated heterocycles. The van der Waals surface area contributed by atoms with Crippen molar-refractivity contribution in [2.75, 3.05) is 13.7 Å². The highest BCUT2D eigenvalue weighted by Gasteiger charge is 2.19. The molecule has 0 aliphatic rings. The van der Waals surface area contributed by atoms with E-state index in [-0.39, 0.29) is 17.9 Å². The molecule has 0 bridgehead atoms. The number of fused-ring (bicyclic) bond motifs is 1. The number of aromatic carboxylic acids is 1. The summed E-state index contributed by atoms with van der Waals surface area (Å²) in [7, 11) is 1.59. The molecule has 0 radical (unpaired) electrons. The highest BCUT2D eigenvalue weighted by Crippen LogP contribution is 2.31. The van der Waals surface area contributed by atoms with Gasteiger partial charge < -0.3 is 14.3 Å². The van der Waals surface area contributed by atoms with E-state index in [1.165, 1.54) is 23.0 Å². The predicted molar refractivity (Wildman–Crippen MR) is 119 cm³/mol. The number of thiophene rings is 1. The molecule has 0 aliphatic heterocycles. The fraction of sp³-hybridized carbons (Fsp3) is 0.261. The van der Waals surface area contributed by atoms with E-state index >= 15 is 0 Å². The maximum atomic E-state index is 13.6. The Bertz CT molecular complexity index is 1280. The van der Waals surface area contributed by atoms with Crippen molar-refractivity contribution < 1.29 is 19.1 Å². The first-order valence-corrected chi connectivity index (χ1v) is 10.8. The van der Waals surface area contributed by atoms with Gasteiger partial charge >= 0.3 is 5.97 Å². The van der Waals surface area contributed by atoms with E-state index in [0.717, 1.165) is 17.5 Å². The van der Waals surface area contributed by atoms with Crippen LogP contribution in [0.2, 0.25) is 0 Å². The van der Waals surface area contributed by atoms with Crippen LogP contribution in [-0.2, 0) is 24.1 Å². The van der Waals surface area contributed by atoms with E-state index < -0.39 is 5.97 Å². The van der Waals surface area contributed by atoms with E-state index in [2.05, 4.69) is 19.1 Å². The lowest BCUT2D eigenvalue weighted by atomic mass is 10.0. The molecule has 0 saturated carbocycles. The number of ether oxygens (including phenoxy) is 1. The minimum atomic E-state index is -1.15. The first kappa shape index (κ1) is 21.0. The Morgan fingerprint density at radius 2 is 2.00 bits per heavy atom. The molecule has 160 valence electrons. The SMILES string of the molecule is CCc1ccc(-c2csc3nc(CCOC)n(Cc4ccc(C(=O)O)o4)c(=O)c23)cc1. The Balaban J connectivity index is 1.83. The van der Waals surface area contributed by atoms with Crippen molar-refractivity contribution in [3.63, 3.8) is 0 Å². The van der Waals surface area contributed by atoms with Gasteiger partial charge in [0.2, 0.25) is 5.76 Å². The van der Waals surface area contributed by atoms with E-state index in [9.17, 15) is 9.59 Å². The van der Waals surface area contributed by atoms with Gasteiger partial charge in [0.05, 0.1) is 18.5 Å². The molecule has 4 rings (SSSR count). The van der Waals surface area contributed by atoms with Crippen molar-refractivity contribution >= 4 is 27.5 Å². The van der Waals surface area contributed by atoms with E-state index in [1.807, 2.05) is 17.5 Å². The summed E-state index contributed by atoms with van der Waals surface area (Å²) in [5, 5.41) is 11.6. The number of hydrogen-bond acceptors (Lipinski definition) is 6. The van der Waals surface area contributed by atoms with Crippen molar-refractivity contribution in [1.82, 2.24) is 9.55 Å². The highest BCUT2D eigenvalue weighted by atomic mass is 32.1. The van der Waals surface area contributed by atoms with Crippen molar-refractivity contribution in [2.24, 2.45) is 0 Å². The molecule has 0 fully saturated rings. The molecule has 3 aromatic heterocycles. The second-order valence-corrected chi connectivity index (χ2v) is 7.97. The van der Waals surface area contributed by atoms with Crippen LogP contribution in [0.15, 0.2) is 51.0 Å². The summed E-state index contributed by atoms with van der Waals surface area (Å²) in [6.45, 7) is 2.61. The molecule has 7 nitrogen and oxygen atoms in total. The molecule has 0 spiro atoms. The van der Waals surface area contributed by atoms with Crippen molar-refractivity contribution in [2.45, 2.75) is 26.3 Å². The van der Waals surface area contributed by atoms with Crippen molar-refractivity contribution in [3.05, 3.63) is 75.0 Å². The molecule has 8 heteroatoms. The van der Waals surface area contributed by atoms with Gasteiger partial charge in [-0.25, -0.2) is 9.78 Å². The molecule has 0 atom stereocenters. The second kappa shape index (κ2) is 8.87. The maximum Gasteiger partial charge on any atom is 0.371 e. The minimum Gasteiger partial charge on any atom is -0.475 e. The highest BCUT2D eigenvalue weighted by molar-refractivity contribution is 7.17. The van der Waals surface area contributed by atoms with Gasteiger partial charge in [0.1, 0.15) is 16.4 Å². The third-order valence-electron chi connectivity index (χ3n) is 5.16. The van der Waals surface area contributed by atoms with Gasteiger partial charge in [-0.3, -0.25) is 9.36 Å². The number of rotatable bonds is 8. The third kappa shape index (κ3) is 4.17. The van der Waals surface area contributed by atoms with Gasteiger partial charge in [0.15, 0.2) is 0 Å². The fourth-order valence-corrected chi connectivity index (χ4v) is 4.44. The lowest BCUT2D eigenvalue weighted by Gasteiger charge is -2.12. The number of methoxy groups -OCH3 is 1. The van der Waals surface area contributed by atoms with Gasteiger partial charge in [-0.05, 0) is 29.7 Å². The quantitative estimate of drug-likeness (QED) is 0.443. The topological polar surface area (TPSA) is 94.6 Å². The molecule has 31 heavy (non-hydrogen) atoms. The standard InChI is InChI=1S/C23H22N2O5S/c1-3-14-4-6-15(7-5-14)17-13-31-21-20(17)22(26)25(19(24-21)10-11-29-2)12-16-8-9-18(30-16)23(27)28/h4-9,13H,3,10-12H2,1-2H3,(H,27,28). The average Bonchev–Trinajstić information content (AvgIpc) is 3.42. The molecule has 0 unspecified atom stereocenters. The van der Waals surface area contributed by atoms with E-state index in [1.54, 1.807) is 17.7 Å². The monoisotopic (exact) mass is 438 g/mol. The van der Waals surface area contributed by atoms with Crippen LogP contribution >= 0.6 is 11.3 Å². The van der Waals surface area contributed by atoms with Crippen LogP contribution < -0.4 is 5.56 Å². The largest absolute Gasteiger partial charge is 0.475 e. The summed E-state index contributed by atoms with van der Waals surface area (Å²) in [6, 6.07) is 11.1. The van der Waals surface area contributed by atoms with Gasteiger partial charge in [0.25, 0.3) is 5.56 Å². The number of nitrogens with zero attached hydrogens (tertiary/aromatic N) is 2. The Morgan fingerprint density at radius 3 is 2.65 bits per heavy atom. The van der Waals surface area contributed by atoms with Crippen LogP contribution in [0.25, 0.3) is 21.3 Å².